The fourth-order valence-corrected chi connectivity index (χ4v) is 3.49. The number of nitrogens with zero attached hydrogens (tertiary/aromatic N) is 3. The normalized spacial score (nSPS) is 10.5. The van der Waals surface area contributed by atoms with Gasteiger partial charge in [0.15, 0.2) is 0 Å². The van der Waals surface area contributed by atoms with Gasteiger partial charge in [0.25, 0.3) is 0 Å². The van der Waals surface area contributed by atoms with Crippen LogP contribution in [0.1, 0.15) is 11.3 Å². The van der Waals surface area contributed by atoms with Crippen LogP contribution < -0.4 is 5.32 Å². The predicted octanol–water partition coefficient (Wildman–Crippen LogP) is 5.07. The maximum Gasteiger partial charge on any atom is 0.322 e. The van der Waals surface area contributed by atoms with Crippen molar-refractivity contribution in [1.29, 1.82) is 0 Å². The highest BCUT2D eigenvalue weighted by atomic mass is 35.5. The minimum atomic E-state index is -0.579. The van der Waals surface area contributed by atoms with E-state index in [1.165, 1.54) is 23.1 Å². The Kier molecular flexibility index (Phi) is 8.27. The summed E-state index contributed by atoms with van der Waals surface area (Å²) in [4.78, 5) is 29.2. The summed E-state index contributed by atoms with van der Waals surface area (Å²) >= 11 is 5.80. The zero-order chi connectivity index (χ0) is 23.8. The van der Waals surface area contributed by atoms with Crippen molar-refractivity contribution in [2.75, 3.05) is 18.4 Å². The van der Waals surface area contributed by atoms with Gasteiger partial charge in [-0.3, -0.25) is 4.79 Å². The molecule has 2 aromatic carbocycles. The quantitative estimate of drug-likeness (QED) is 0.446. The zero-order valence-electron chi connectivity index (χ0n) is 18.4. The van der Waals surface area contributed by atoms with Crippen LogP contribution in [0.3, 0.4) is 0 Å². The molecule has 3 rings (SSSR count). The monoisotopic (exact) mass is 468 g/mol. The molecule has 0 fully saturated rings. The summed E-state index contributed by atoms with van der Waals surface area (Å²) < 4.78 is 15.4. The molecule has 0 atom stereocenters. The number of rotatable bonds is 9. The molecule has 6 nitrogen and oxygen atoms in total. The number of urea groups is 1. The molecular formula is C25H26ClFN4O2. The summed E-state index contributed by atoms with van der Waals surface area (Å²) in [6.45, 7) is 4.50. The first-order valence-electron chi connectivity index (χ1n) is 10.4. The molecule has 0 unspecified atom stereocenters. The van der Waals surface area contributed by atoms with Crippen LogP contribution in [0.15, 0.2) is 79.5 Å². The van der Waals surface area contributed by atoms with E-state index in [4.69, 9.17) is 11.6 Å². The maximum absolute atomic E-state index is 13.4. The molecule has 3 amide bonds. The third-order valence-electron chi connectivity index (χ3n) is 5.11. The van der Waals surface area contributed by atoms with Crippen LogP contribution in [-0.2, 0) is 24.9 Å². The second kappa shape index (κ2) is 11.3. The van der Waals surface area contributed by atoms with Gasteiger partial charge in [0.05, 0.1) is 11.6 Å². The summed E-state index contributed by atoms with van der Waals surface area (Å²) in [5, 5.41) is 2.56. The molecule has 0 saturated heterocycles. The van der Waals surface area contributed by atoms with Crippen molar-refractivity contribution >= 4 is 29.2 Å². The topological polar surface area (TPSA) is 57.6 Å². The molecule has 0 aliphatic rings. The second-order valence-electron chi connectivity index (χ2n) is 7.57. The van der Waals surface area contributed by atoms with Crippen molar-refractivity contribution < 1.29 is 14.0 Å². The Hall–Kier alpha value is -3.58. The molecule has 0 saturated carbocycles. The average molecular weight is 469 g/mol. The van der Waals surface area contributed by atoms with Crippen molar-refractivity contribution in [2.24, 2.45) is 7.05 Å². The number of aromatic nitrogens is 1. The number of nitrogens with one attached hydrogen (secondary N) is 1. The van der Waals surface area contributed by atoms with E-state index in [-0.39, 0.29) is 24.0 Å². The minimum Gasteiger partial charge on any atom is -0.353 e. The van der Waals surface area contributed by atoms with Crippen molar-refractivity contribution in [2.45, 2.75) is 13.1 Å². The first-order valence-corrected chi connectivity index (χ1v) is 10.8. The highest BCUT2D eigenvalue weighted by Gasteiger charge is 2.22. The summed E-state index contributed by atoms with van der Waals surface area (Å²) in [5.41, 5.74) is 2.29. The van der Waals surface area contributed by atoms with Crippen LogP contribution in [0, 0.1) is 5.82 Å². The minimum absolute atomic E-state index is 0.101. The molecule has 0 aliphatic carbocycles. The van der Waals surface area contributed by atoms with Gasteiger partial charge in [-0.1, -0.05) is 48.0 Å². The first-order chi connectivity index (χ1) is 15.9. The Labute approximate surface area is 197 Å². The van der Waals surface area contributed by atoms with Crippen LogP contribution in [-0.4, -0.2) is 39.4 Å². The number of amides is 3. The van der Waals surface area contributed by atoms with E-state index in [9.17, 15) is 14.0 Å². The first kappa shape index (κ1) is 24.1. The number of carbonyl (C=O) groups excluding carboxylic acids is 2. The predicted molar refractivity (Wildman–Crippen MR) is 128 cm³/mol. The molecule has 3 aromatic rings. The van der Waals surface area contributed by atoms with Crippen molar-refractivity contribution in [1.82, 2.24) is 14.4 Å². The lowest BCUT2D eigenvalue weighted by Crippen LogP contribution is -2.44. The van der Waals surface area contributed by atoms with Crippen LogP contribution in [0.4, 0.5) is 14.9 Å². The molecule has 1 N–H and O–H groups in total. The molecule has 33 heavy (non-hydrogen) atoms. The van der Waals surface area contributed by atoms with Gasteiger partial charge in [-0.15, -0.1) is 6.58 Å². The summed E-state index contributed by atoms with van der Waals surface area (Å²) in [7, 11) is 1.92. The van der Waals surface area contributed by atoms with Gasteiger partial charge in [0, 0.05) is 37.7 Å². The van der Waals surface area contributed by atoms with Gasteiger partial charge in [0.2, 0.25) is 5.91 Å². The lowest BCUT2D eigenvalue weighted by Gasteiger charge is -2.27. The van der Waals surface area contributed by atoms with Gasteiger partial charge < -0.3 is 19.7 Å². The number of anilines is 1. The highest BCUT2D eigenvalue weighted by molar-refractivity contribution is 6.31. The highest BCUT2D eigenvalue weighted by Crippen LogP contribution is 2.20. The Morgan fingerprint density at radius 3 is 2.48 bits per heavy atom. The molecule has 1 heterocycles. The number of halogens is 2. The largest absolute Gasteiger partial charge is 0.353 e. The maximum atomic E-state index is 13.4. The van der Waals surface area contributed by atoms with Gasteiger partial charge in [-0.05, 0) is 35.9 Å². The average Bonchev–Trinajstić information content (AvgIpc) is 3.20. The van der Waals surface area contributed by atoms with E-state index in [1.807, 2.05) is 60.3 Å². The van der Waals surface area contributed by atoms with E-state index in [0.29, 0.717) is 18.8 Å². The summed E-state index contributed by atoms with van der Waals surface area (Å²) in [6, 6.07) is 16.9. The third-order valence-corrected chi connectivity index (χ3v) is 5.40. The molecule has 0 aliphatic heterocycles. The Balaban J connectivity index is 1.75. The van der Waals surface area contributed by atoms with Gasteiger partial charge in [-0.25, -0.2) is 9.18 Å². The standard InChI is InChI=1S/C25H26ClFN4O2/c1-3-13-30(25(33)28-20-11-12-23(27)22(26)15-20)18-24(32)31(16-19-8-5-4-6-9-19)17-21-10-7-14-29(21)2/h3-12,14-15H,1,13,16-18H2,2H3,(H,28,33). The molecule has 0 spiro atoms. The summed E-state index contributed by atoms with van der Waals surface area (Å²) in [5.74, 6) is -0.792. The number of hydrogen-bond donors (Lipinski definition) is 1. The summed E-state index contributed by atoms with van der Waals surface area (Å²) in [6.07, 6.45) is 3.47. The smallest absolute Gasteiger partial charge is 0.322 e. The van der Waals surface area contributed by atoms with Gasteiger partial charge >= 0.3 is 6.03 Å². The molecular weight excluding hydrogens is 443 g/mol. The van der Waals surface area contributed by atoms with E-state index < -0.39 is 11.8 Å². The van der Waals surface area contributed by atoms with Crippen LogP contribution in [0.2, 0.25) is 5.02 Å². The second-order valence-corrected chi connectivity index (χ2v) is 7.98. The molecule has 172 valence electrons. The molecule has 1 aromatic heterocycles. The number of carbonyl (C=O) groups is 2. The van der Waals surface area contributed by atoms with Crippen molar-refractivity contribution in [3.8, 4) is 0 Å². The number of aryl methyl sites for hydroxylation is 1. The SMILES string of the molecule is C=CCN(CC(=O)N(Cc1ccccc1)Cc1cccn1C)C(=O)Nc1ccc(F)c(Cl)c1. The van der Waals surface area contributed by atoms with E-state index in [0.717, 1.165) is 11.3 Å². The van der Waals surface area contributed by atoms with Gasteiger partial charge in [0.1, 0.15) is 12.4 Å². The Bertz CT molecular complexity index is 1120. The molecule has 0 bridgehead atoms. The lowest BCUT2D eigenvalue weighted by atomic mass is 10.2. The Morgan fingerprint density at radius 2 is 1.85 bits per heavy atom. The lowest BCUT2D eigenvalue weighted by molar-refractivity contribution is -0.133. The van der Waals surface area contributed by atoms with E-state index >= 15 is 0 Å². The van der Waals surface area contributed by atoms with Crippen molar-refractivity contribution in [3.63, 3.8) is 0 Å². The molecule has 8 heteroatoms. The van der Waals surface area contributed by atoms with Crippen LogP contribution >= 0.6 is 11.6 Å². The fraction of sp³-hybridized carbons (Fsp3) is 0.200. The third kappa shape index (κ3) is 6.70. The fourth-order valence-electron chi connectivity index (χ4n) is 3.31. The van der Waals surface area contributed by atoms with Crippen molar-refractivity contribution in [3.05, 3.63) is 102 Å². The molecule has 0 radical (unpaired) electrons. The van der Waals surface area contributed by atoms with Crippen LogP contribution in [0.25, 0.3) is 0 Å². The number of benzene rings is 2. The zero-order valence-corrected chi connectivity index (χ0v) is 19.1. The number of hydrogen-bond acceptors (Lipinski definition) is 2. The van der Waals surface area contributed by atoms with E-state index in [2.05, 4.69) is 11.9 Å². The van der Waals surface area contributed by atoms with Gasteiger partial charge in [-0.2, -0.15) is 0 Å². The Morgan fingerprint density at radius 1 is 1.09 bits per heavy atom. The van der Waals surface area contributed by atoms with E-state index in [1.54, 1.807) is 11.0 Å². The van der Waals surface area contributed by atoms with Crippen LogP contribution in [0.5, 0.6) is 0 Å².